The number of sulfonamides is 1. The number of ether oxygens (including phenoxy) is 4. The second-order valence-electron chi connectivity index (χ2n) is 10.6. The van der Waals surface area contributed by atoms with E-state index in [9.17, 15) is 13.2 Å². The van der Waals surface area contributed by atoms with Crippen molar-refractivity contribution < 1.29 is 32.2 Å². The van der Waals surface area contributed by atoms with Gasteiger partial charge in [0.15, 0.2) is 23.0 Å². The lowest BCUT2D eigenvalue weighted by atomic mass is 10.00. The van der Waals surface area contributed by atoms with Crippen molar-refractivity contribution in [3.8, 4) is 23.0 Å². The molecule has 3 aromatic rings. The second-order valence-corrected chi connectivity index (χ2v) is 12.3. The third-order valence-electron chi connectivity index (χ3n) is 7.61. The number of benzene rings is 3. The van der Waals surface area contributed by atoms with E-state index in [1.54, 1.807) is 52.7 Å². The molecule has 232 valence electrons. The van der Waals surface area contributed by atoms with Crippen LogP contribution in [-0.4, -0.2) is 79.6 Å². The number of nitrogens with zero attached hydrogens (tertiary/aromatic N) is 2. The predicted molar refractivity (Wildman–Crippen MR) is 168 cm³/mol. The summed E-state index contributed by atoms with van der Waals surface area (Å²) in [5, 5.41) is 0. The third kappa shape index (κ3) is 8.55. The van der Waals surface area contributed by atoms with Crippen molar-refractivity contribution in [3.63, 3.8) is 0 Å². The Balaban J connectivity index is 1.47. The highest BCUT2D eigenvalue weighted by Gasteiger charge is 2.30. The number of likely N-dealkylation sites (tertiary alicyclic amines) is 1. The maximum atomic E-state index is 13.9. The van der Waals surface area contributed by atoms with E-state index >= 15 is 0 Å². The zero-order valence-corrected chi connectivity index (χ0v) is 26.3. The summed E-state index contributed by atoms with van der Waals surface area (Å²) >= 11 is 0. The highest BCUT2D eigenvalue weighted by molar-refractivity contribution is 7.92. The highest BCUT2D eigenvalue weighted by atomic mass is 32.2. The molecule has 1 aliphatic rings. The first-order chi connectivity index (χ1) is 20.6. The van der Waals surface area contributed by atoms with Crippen molar-refractivity contribution in [1.29, 1.82) is 0 Å². The van der Waals surface area contributed by atoms with Gasteiger partial charge in [-0.05, 0) is 66.8 Å². The molecule has 3 aromatic carbocycles. The Morgan fingerprint density at radius 3 is 1.95 bits per heavy atom. The van der Waals surface area contributed by atoms with E-state index in [1.165, 1.54) is 5.56 Å². The Morgan fingerprint density at radius 1 is 0.814 bits per heavy atom. The van der Waals surface area contributed by atoms with Crippen LogP contribution in [0.2, 0.25) is 0 Å². The fourth-order valence-corrected chi connectivity index (χ4v) is 5.99. The lowest BCUT2D eigenvalue weighted by Crippen LogP contribution is -2.48. The van der Waals surface area contributed by atoms with Crippen molar-refractivity contribution in [2.45, 2.75) is 31.7 Å². The van der Waals surface area contributed by atoms with Crippen LogP contribution in [0.3, 0.4) is 0 Å². The van der Waals surface area contributed by atoms with Crippen LogP contribution in [-0.2, 0) is 27.7 Å². The number of anilines is 2. The van der Waals surface area contributed by atoms with Crippen molar-refractivity contribution in [1.82, 2.24) is 4.90 Å². The SMILES string of the molecule is COc1ccc(CCN2CCC(N(C(=O)Cc3ccc(NS(C)(=O)=O)cc3)c3ccc(OC)c(OC)c3)CC2)cc1OC. The number of hydrogen-bond donors (Lipinski definition) is 1. The van der Waals surface area contributed by atoms with E-state index < -0.39 is 10.0 Å². The Labute approximate surface area is 254 Å². The maximum Gasteiger partial charge on any atom is 0.231 e. The van der Waals surface area contributed by atoms with Crippen molar-refractivity contribution in [2.24, 2.45) is 0 Å². The minimum absolute atomic E-state index is 0.00843. The summed E-state index contributed by atoms with van der Waals surface area (Å²) in [7, 11) is 3.06. The van der Waals surface area contributed by atoms with Crippen LogP contribution in [0.25, 0.3) is 0 Å². The molecule has 0 radical (unpaired) electrons. The average Bonchev–Trinajstić information content (AvgIpc) is 3.00. The lowest BCUT2D eigenvalue weighted by molar-refractivity contribution is -0.118. The van der Waals surface area contributed by atoms with Crippen molar-refractivity contribution >= 4 is 27.3 Å². The summed E-state index contributed by atoms with van der Waals surface area (Å²) in [4.78, 5) is 18.2. The van der Waals surface area contributed by atoms with Crippen molar-refractivity contribution in [2.75, 3.05) is 64.0 Å². The number of piperidine rings is 1. The van der Waals surface area contributed by atoms with Gasteiger partial charge in [0.2, 0.25) is 15.9 Å². The molecule has 1 fully saturated rings. The van der Waals surface area contributed by atoms with E-state index in [2.05, 4.69) is 15.7 Å². The summed E-state index contributed by atoms with van der Waals surface area (Å²) in [5.74, 6) is 2.55. The van der Waals surface area contributed by atoms with Crippen LogP contribution >= 0.6 is 0 Å². The molecule has 10 nitrogen and oxygen atoms in total. The maximum absolute atomic E-state index is 13.9. The number of amides is 1. The topological polar surface area (TPSA) is 107 Å². The van der Waals surface area contributed by atoms with Crippen LogP contribution < -0.4 is 28.6 Å². The smallest absolute Gasteiger partial charge is 0.231 e. The lowest BCUT2D eigenvalue weighted by Gasteiger charge is -2.39. The van der Waals surface area contributed by atoms with Gasteiger partial charge in [0.1, 0.15) is 0 Å². The van der Waals surface area contributed by atoms with Gasteiger partial charge in [-0.1, -0.05) is 18.2 Å². The molecule has 0 aliphatic carbocycles. The Kier molecular flexibility index (Phi) is 10.8. The Bertz CT molecular complexity index is 1490. The average molecular weight is 612 g/mol. The fourth-order valence-electron chi connectivity index (χ4n) is 5.42. The number of carbonyl (C=O) groups is 1. The quantitative estimate of drug-likeness (QED) is 0.304. The summed E-state index contributed by atoms with van der Waals surface area (Å²) in [5.41, 5.74) is 3.18. The van der Waals surface area contributed by atoms with Gasteiger partial charge in [-0.3, -0.25) is 9.52 Å². The van der Waals surface area contributed by atoms with E-state index in [1.807, 2.05) is 35.2 Å². The number of methoxy groups -OCH3 is 4. The van der Waals surface area contributed by atoms with Gasteiger partial charge in [0, 0.05) is 43.1 Å². The minimum atomic E-state index is -3.38. The molecular weight excluding hydrogens is 570 g/mol. The van der Waals surface area contributed by atoms with Gasteiger partial charge >= 0.3 is 0 Å². The van der Waals surface area contributed by atoms with Gasteiger partial charge < -0.3 is 28.7 Å². The number of hydrogen-bond acceptors (Lipinski definition) is 8. The normalized spacial score (nSPS) is 14.2. The van der Waals surface area contributed by atoms with Gasteiger partial charge in [-0.2, -0.15) is 0 Å². The van der Waals surface area contributed by atoms with Crippen LogP contribution in [0.5, 0.6) is 23.0 Å². The monoisotopic (exact) mass is 611 g/mol. The molecule has 0 aromatic heterocycles. The summed E-state index contributed by atoms with van der Waals surface area (Å²) in [6, 6.07) is 18.5. The predicted octanol–water partition coefficient (Wildman–Crippen LogP) is 4.38. The summed E-state index contributed by atoms with van der Waals surface area (Å²) < 4.78 is 47.4. The van der Waals surface area contributed by atoms with Gasteiger partial charge in [0.05, 0.1) is 41.1 Å². The molecule has 1 amide bonds. The Morgan fingerprint density at radius 2 is 1.37 bits per heavy atom. The molecular formula is C32H41N3O7S. The van der Waals surface area contributed by atoms with Crippen LogP contribution in [0.4, 0.5) is 11.4 Å². The molecule has 0 spiro atoms. The van der Waals surface area contributed by atoms with E-state index in [0.717, 1.165) is 62.2 Å². The summed E-state index contributed by atoms with van der Waals surface area (Å²) in [6.45, 7) is 2.63. The zero-order valence-electron chi connectivity index (χ0n) is 25.5. The minimum Gasteiger partial charge on any atom is -0.493 e. The van der Waals surface area contributed by atoms with Crippen LogP contribution in [0.1, 0.15) is 24.0 Å². The number of nitrogens with one attached hydrogen (secondary N) is 1. The standard InChI is InChI=1S/C32H41N3O7S/c1-39-28-12-8-24(20-30(28)41-3)14-17-34-18-15-26(16-19-34)35(27-11-13-29(40-2)31(22-27)42-4)32(36)21-23-6-9-25(10-7-23)33-43(5,37)38/h6-13,20,22,26,33H,14-19,21H2,1-5H3. The van der Waals surface area contributed by atoms with Crippen molar-refractivity contribution in [3.05, 3.63) is 71.8 Å². The first kappa shape index (κ1) is 32.0. The zero-order chi connectivity index (χ0) is 31.0. The fraction of sp³-hybridized carbons (Fsp3) is 0.406. The largest absolute Gasteiger partial charge is 0.493 e. The molecule has 0 saturated carbocycles. The van der Waals surface area contributed by atoms with Gasteiger partial charge in [-0.15, -0.1) is 0 Å². The molecule has 0 unspecified atom stereocenters. The van der Waals surface area contributed by atoms with E-state index in [-0.39, 0.29) is 18.4 Å². The molecule has 0 bridgehead atoms. The third-order valence-corrected chi connectivity index (χ3v) is 8.22. The van der Waals surface area contributed by atoms with Gasteiger partial charge in [-0.25, -0.2) is 8.42 Å². The first-order valence-electron chi connectivity index (χ1n) is 14.2. The molecule has 4 rings (SSSR count). The molecule has 1 N–H and O–H groups in total. The molecule has 1 saturated heterocycles. The molecule has 43 heavy (non-hydrogen) atoms. The first-order valence-corrected chi connectivity index (χ1v) is 16.1. The number of rotatable bonds is 13. The molecule has 0 atom stereocenters. The van der Waals surface area contributed by atoms with E-state index in [4.69, 9.17) is 18.9 Å². The summed E-state index contributed by atoms with van der Waals surface area (Å²) in [6.07, 6.45) is 3.81. The van der Waals surface area contributed by atoms with Crippen LogP contribution in [0, 0.1) is 0 Å². The second kappa shape index (κ2) is 14.5. The molecule has 11 heteroatoms. The van der Waals surface area contributed by atoms with E-state index in [0.29, 0.717) is 22.9 Å². The Hall–Kier alpha value is -3.96. The molecule has 1 aliphatic heterocycles. The van der Waals surface area contributed by atoms with Gasteiger partial charge in [0.25, 0.3) is 0 Å². The molecule has 1 heterocycles. The number of carbonyl (C=O) groups excluding carboxylic acids is 1. The van der Waals surface area contributed by atoms with Crippen LogP contribution in [0.15, 0.2) is 60.7 Å². The highest BCUT2D eigenvalue weighted by Crippen LogP contribution is 2.34.